The summed E-state index contributed by atoms with van der Waals surface area (Å²) in [6.07, 6.45) is 0. The summed E-state index contributed by atoms with van der Waals surface area (Å²) in [5.41, 5.74) is 2.85. The Kier molecular flexibility index (Phi) is 5.00. The Morgan fingerprint density at radius 1 is 1.15 bits per heavy atom. The number of nitrogens with zero attached hydrogens (tertiary/aromatic N) is 1. The minimum absolute atomic E-state index is 0.101. The lowest BCUT2D eigenvalue weighted by atomic mass is 10.1. The van der Waals surface area contributed by atoms with Gasteiger partial charge in [0.25, 0.3) is 5.56 Å². The summed E-state index contributed by atoms with van der Waals surface area (Å²) in [6, 6.07) is 12.3. The number of para-hydroxylation sites is 1. The third-order valence-corrected chi connectivity index (χ3v) is 4.51. The van der Waals surface area contributed by atoms with Gasteiger partial charge in [0.2, 0.25) is 5.91 Å². The number of halogens is 1. The number of hydrogen-bond donors (Lipinski definition) is 1. The average molecular weight is 371 g/mol. The van der Waals surface area contributed by atoms with Gasteiger partial charge in [0.15, 0.2) is 0 Å². The fourth-order valence-corrected chi connectivity index (χ4v) is 3.23. The Balaban J connectivity index is 1.99. The molecule has 0 unspecified atom stereocenters. The number of carbonyl (C=O) groups excluding carboxylic acids is 1. The molecule has 0 bridgehead atoms. The number of pyridine rings is 1. The number of amides is 1. The zero-order chi connectivity index (χ0) is 18.8. The SMILES string of the molecule is COc1ccc(Cl)cc1NC(=O)Cn1c(=O)cc(C)c2cccc(C)c21. The summed E-state index contributed by atoms with van der Waals surface area (Å²) in [6.45, 7) is 3.72. The zero-order valence-corrected chi connectivity index (χ0v) is 15.6. The van der Waals surface area contributed by atoms with Crippen molar-refractivity contribution in [3.63, 3.8) is 0 Å². The van der Waals surface area contributed by atoms with Crippen LogP contribution < -0.4 is 15.6 Å². The zero-order valence-electron chi connectivity index (χ0n) is 14.8. The fourth-order valence-electron chi connectivity index (χ4n) is 3.05. The molecule has 0 aliphatic carbocycles. The smallest absolute Gasteiger partial charge is 0.251 e. The molecule has 6 heteroatoms. The van der Waals surface area contributed by atoms with Crippen LogP contribution in [0.1, 0.15) is 11.1 Å². The van der Waals surface area contributed by atoms with Crippen molar-refractivity contribution in [3.8, 4) is 5.75 Å². The maximum absolute atomic E-state index is 12.6. The van der Waals surface area contributed by atoms with Crippen LogP contribution in [0.25, 0.3) is 10.9 Å². The third kappa shape index (κ3) is 3.44. The van der Waals surface area contributed by atoms with E-state index in [4.69, 9.17) is 16.3 Å². The Hall–Kier alpha value is -2.79. The molecule has 3 aromatic rings. The lowest BCUT2D eigenvalue weighted by Gasteiger charge is -2.15. The first-order valence-electron chi connectivity index (χ1n) is 8.14. The summed E-state index contributed by atoms with van der Waals surface area (Å²) in [4.78, 5) is 25.1. The lowest BCUT2D eigenvalue weighted by molar-refractivity contribution is -0.116. The fraction of sp³-hybridized carbons (Fsp3) is 0.200. The van der Waals surface area contributed by atoms with Crippen LogP contribution in [0.3, 0.4) is 0 Å². The van der Waals surface area contributed by atoms with Gasteiger partial charge in [-0.1, -0.05) is 29.8 Å². The van der Waals surface area contributed by atoms with E-state index in [1.54, 1.807) is 24.3 Å². The van der Waals surface area contributed by atoms with Crippen molar-refractivity contribution in [2.45, 2.75) is 20.4 Å². The molecule has 2 aromatic carbocycles. The number of methoxy groups -OCH3 is 1. The van der Waals surface area contributed by atoms with Gasteiger partial charge in [0.1, 0.15) is 12.3 Å². The van der Waals surface area contributed by atoms with Crippen molar-refractivity contribution in [2.75, 3.05) is 12.4 Å². The van der Waals surface area contributed by atoms with Crippen LogP contribution >= 0.6 is 11.6 Å². The van der Waals surface area contributed by atoms with Crippen LogP contribution in [0.15, 0.2) is 47.3 Å². The minimum Gasteiger partial charge on any atom is -0.495 e. The molecule has 0 saturated carbocycles. The van der Waals surface area contributed by atoms with E-state index in [-0.39, 0.29) is 18.0 Å². The highest BCUT2D eigenvalue weighted by Crippen LogP contribution is 2.27. The van der Waals surface area contributed by atoms with Gasteiger partial charge in [0, 0.05) is 16.5 Å². The van der Waals surface area contributed by atoms with Gasteiger partial charge < -0.3 is 10.1 Å². The van der Waals surface area contributed by atoms with Crippen molar-refractivity contribution >= 4 is 34.1 Å². The van der Waals surface area contributed by atoms with Crippen molar-refractivity contribution in [2.24, 2.45) is 0 Å². The van der Waals surface area contributed by atoms with Crippen LogP contribution in [0, 0.1) is 13.8 Å². The molecule has 1 amide bonds. The van der Waals surface area contributed by atoms with E-state index < -0.39 is 0 Å². The number of benzene rings is 2. The van der Waals surface area contributed by atoms with E-state index in [1.807, 2.05) is 32.0 Å². The van der Waals surface area contributed by atoms with E-state index in [0.717, 1.165) is 22.0 Å². The number of aryl methyl sites for hydroxylation is 2. The quantitative estimate of drug-likeness (QED) is 0.757. The summed E-state index contributed by atoms with van der Waals surface area (Å²) >= 11 is 6.00. The molecule has 1 N–H and O–H groups in total. The average Bonchev–Trinajstić information content (AvgIpc) is 2.59. The summed E-state index contributed by atoms with van der Waals surface area (Å²) in [7, 11) is 1.51. The Morgan fingerprint density at radius 2 is 1.92 bits per heavy atom. The molecule has 0 aliphatic heterocycles. The van der Waals surface area contributed by atoms with Gasteiger partial charge in [-0.25, -0.2) is 0 Å². The van der Waals surface area contributed by atoms with Gasteiger partial charge in [0.05, 0.1) is 18.3 Å². The van der Waals surface area contributed by atoms with Gasteiger partial charge in [-0.3, -0.25) is 14.2 Å². The predicted octanol–water partition coefficient (Wildman–Crippen LogP) is 3.92. The van der Waals surface area contributed by atoms with Crippen molar-refractivity contribution < 1.29 is 9.53 Å². The number of nitrogens with one attached hydrogen (secondary N) is 1. The van der Waals surface area contributed by atoms with Crippen LogP contribution in [-0.4, -0.2) is 17.6 Å². The molecule has 0 fully saturated rings. The van der Waals surface area contributed by atoms with E-state index in [0.29, 0.717) is 16.5 Å². The number of ether oxygens (including phenoxy) is 1. The van der Waals surface area contributed by atoms with Crippen LogP contribution in [-0.2, 0) is 11.3 Å². The Morgan fingerprint density at radius 3 is 2.65 bits per heavy atom. The number of anilines is 1. The molecule has 0 spiro atoms. The van der Waals surface area contributed by atoms with Crippen LogP contribution in [0.4, 0.5) is 5.69 Å². The molecular formula is C20H19ClN2O3. The normalized spacial score (nSPS) is 10.8. The second-order valence-corrected chi connectivity index (χ2v) is 6.55. The van der Waals surface area contributed by atoms with Crippen molar-refractivity contribution in [1.82, 2.24) is 4.57 Å². The molecule has 1 heterocycles. The summed E-state index contributed by atoms with van der Waals surface area (Å²) in [5.74, 6) is 0.168. The predicted molar refractivity (Wildman–Crippen MR) is 104 cm³/mol. The molecule has 5 nitrogen and oxygen atoms in total. The van der Waals surface area contributed by atoms with Crippen molar-refractivity contribution in [3.05, 3.63) is 69.0 Å². The number of aromatic nitrogens is 1. The van der Waals surface area contributed by atoms with Gasteiger partial charge >= 0.3 is 0 Å². The topological polar surface area (TPSA) is 60.3 Å². The van der Waals surface area contributed by atoms with Gasteiger partial charge in [-0.15, -0.1) is 0 Å². The first-order valence-corrected chi connectivity index (χ1v) is 8.51. The first kappa shape index (κ1) is 18.0. The number of fused-ring (bicyclic) bond motifs is 1. The third-order valence-electron chi connectivity index (χ3n) is 4.28. The van der Waals surface area contributed by atoms with E-state index in [9.17, 15) is 9.59 Å². The summed E-state index contributed by atoms with van der Waals surface area (Å²) in [5, 5.41) is 4.21. The molecule has 0 atom stereocenters. The number of carbonyl (C=O) groups is 1. The molecule has 3 rings (SSSR count). The highest BCUT2D eigenvalue weighted by Gasteiger charge is 2.14. The molecule has 1 aromatic heterocycles. The Bertz CT molecular complexity index is 1060. The monoisotopic (exact) mass is 370 g/mol. The second kappa shape index (κ2) is 7.22. The van der Waals surface area contributed by atoms with Crippen LogP contribution in [0.5, 0.6) is 5.75 Å². The molecule has 0 aliphatic rings. The van der Waals surface area contributed by atoms with Crippen molar-refractivity contribution in [1.29, 1.82) is 0 Å². The minimum atomic E-state index is -0.332. The molecule has 26 heavy (non-hydrogen) atoms. The second-order valence-electron chi connectivity index (χ2n) is 6.12. The van der Waals surface area contributed by atoms with E-state index >= 15 is 0 Å². The molecular weight excluding hydrogens is 352 g/mol. The first-order chi connectivity index (χ1) is 12.4. The summed E-state index contributed by atoms with van der Waals surface area (Å²) < 4.78 is 6.73. The molecule has 134 valence electrons. The standard InChI is InChI=1S/C20H19ClN2O3/c1-12-5-4-6-15-13(2)9-19(25)23(20(12)15)11-18(24)22-16-10-14(21)7-8-17(16)26-3/h4-10H,11H2,1-3H3,(H,22,24). The molecule has 0 saturated heterocycles. The Labute approximate surface area is 156 Å². The lowest BCUT2D eigenvalue weighted by Crippen LogP contribution is -2.28. The molecule has 0 radical (unpaired) electrons. The van der Waals surface area contributed by atoms with Gasteiger partial charge in [-0.2, -0.15) is 0 Å². The van der Waals surface area contributed by atoms with Crippen LogP contribution in [0.2, 0.25) is 5.02 Å². The van der Waals surface area contributed by atoms with E-state index in [1.165, 1.54) is 11.7 Å². The largest absolute Gasteiger partial charge is 0.495 e. The maximum Gasteiger partial charge on any atom is 0.251 e. The maximum atomic E-state index is 12.6. The highest BCUT2D eigenvalue weighted by molar-refractivity contribution is 6.31. The number of rotatable bonds is 4. The highest BCUT2D eigenvalue weighted by atomic mass is 35.5. The number of hydrogen-bond acceptors (Lipinski definition) is 3. The van der Waals surface area contributed by atoms with Gasteiger partial charge in [-0.05, 0) is 43.2 Å². The van der Waals surface area contributed by atoms with E-state index in [2.05, 4.69) is 5.32 Å².